The standard InChI is InChI=1S/C20H28N2O5/c1-20-11-6-12-22(16(20)9-5-10-17(23)21-20)18(24)13-27-19-14(25-2)7-4-8-15(19)26-3/h4,7-8,16H,5-6,9-13H2,1-3H3,(H,21,23)/t16-,20-/m0/s1. The minimum Gasteiger partial charge on any atom is -0.493 e. The van der Waals surface area contributed by atoms with Crippen molar-refractivity contribution < 1.29 is 23.8 Å². The van der Waals surface area contributed by atoms with Crippen molar-refractivity contribution in [2.24, 2.45) is 0 Å². The predicted molar refractivity (Wildman–Crippen MR) is 100 cm³/mol. The molecular formula is C20H28N2O5. The number of hydrogen-bond donors (Lipinski definition) is 1. The molecule has 0 spiro atoms. The number of likely N-dealkylation sites (tertiary alicyclic amines) is 1. The maximum absolute atomic E-state index is 13.0. The molecule has 7 nitrogen and oxygen atoms in total. The highest BCUT2D eigenvalue weighted by molar-refractivity contribution is 5.80. The monoisotopic (exact) mass is 376 g/mol. The molecule has 0 bridgehead atoms. The lowest BCUT2D eigenvalue weighted by Crippen LogP contribution is -2.64. The Bertz CT molecular complexity index is 685. The van der Waals surface area contributed by atoms with E-state index in [1.165, 1.54) is 0 Å². The maximum Gasteiger partial charge on any atom is 0.260 e. The highest BCUT2D eigenvalue weighted by atomic mass is 16.5. The van der Waals surface area contributed by atoms with Gasteiger partial charge in [-0.25, -0.2) is 0 Å². The van der Waals surface area contributed by atoms with Gasteiger partial charge >= 0.3 is 0 Å². The van der Waals surface area contributed by atoms with Crippen LogP contribution in [0.4, 0.5) is 0 Å². The van der Waals surface area contributed by atoms with Crippen LogP contribution in [0, 0.1) is 0 Å². The first-order chi connectivity index (χ1) is 13.0. The highest BCUT2D eigenvalue weighted by Gasteiger charge is 2.44. The van der Waals surface area contributed by atoms with Crippen LogP contribution in [0.1, 0.15) is 39.0 Å². The number of para-hydroxylation sites is 1. The number of ether oxygens (including phenoxy) is 3. The minimum absolute atomic E-state index is 0.00614. The fourth-order valence-electron chi connectivity index (χ4n) is 4.21. The highest BCUT2D eigenvalue weighted by Crippen LogP contribution is 2.37. The SMILES string of the molecule is COc1cccc(OC)c1OCC(=O)N1CCC[C@]2(C)NC(=O)CCC[C@H]12. The van der Waals surface area contributed by atoms with E-state index in [2.05, 4.69) is 5.32 Å². The van der Waals surface area contributed by atoms with E-state index >= 15 is 0 Å². The Morgan fingerprint density at radius 2 is 1.96 bits per heavy atom. The Kier molecular flexibility index (Phi) is 5.77. The predicted octanol–water partition coefficient (Wildman–Crippen LogP) is 2.13. The molecule has 148 valence electrons. The Labute approximate surface area is 160 Å². The van der Waals surface area contributed by atoms with E-state index in [-0.39, 0.29) is 30.0 Å². The summed E-state index contributed by atoms with van der Waals surface area (Å²) in [6, 6.07) is 5.33. The second-order valence-electron chi connectivity index (χ2n) is 7.34. The van der Waals surface area contributed by atoms with Crippen molar-refractivity contribution in [2.75, 3.05) is 27.4 Å². The van der Waals surface area contributed by atoms with Crippen LogP contribution in [0.15, 0.2) is 18.2 Å². The molecule has 1 aromatic carbocycles. The first-order valence-electron chi connectivity index (χ1n) is 9.43. The second kappa shape index (κ2) is 8.06. The van der Waals surface area contributed by atoms with E-state index in [0.29, 0.717) is 30.2 Å². The number of fused-ring (bicyclic) bond motifs is 1. The molecule has 2 saturated heterocycles. The molecule has 0 unspecified atom stereocenters. The number of rotatable bonds is 5. The van der Waals surface area contributed by atoms with Gasteiger partial charge < -0.3 is 24.4 Å². The molecule has 2 aliphatic rings. The van der Waals surface area contributed by atoms with Crippen molar-refractivity contribution in [1.29, 1.82) is 0 Å². The summed E-state index contributed by atoms with van der Waals surface area (Å²) in [5.41, 5.74) is -0.371. The average Bonchev–Trinajstić information content (AvgIpc) is 2.82. The zero-order chi connectivity index (χ0) is 19.4. The smallest absolute Gasteiger partial charge is 0.260 e. The number of methoxy groups -OCH3 is 2. The summed E-state index contributed by atoms with van der Waals surface area (Å²) in [6.07, 6.45) is 3.87. The van der Waals surface area contributed by atoms with Crippen LogP contribution >= 0.6 is 0 Å². The molecule has 0 aliphatic carbocycles. The van der Waals surface area contributed by atoms with Gasteiger partial charge in [0.1, 0.15) is 0 Å². The number of piperidine rings is 1. The van der Waals surface area contributed by atoms with Crippen molar-refractivity contribution in [3.63, 3.8) is 0 Å². The lowest BCUT2D eigenvalue weighted by Gasteiger charge is -2.47. The second-order valence-corrected chi connectivity index (χ2v) is 7.34. The summed E-state index contributed by atoms with van der Waals surface area (Å²) in [5.74, 6) is 1.45. The molecule has 3 rings (SSSR count). The Morgan fingerprint density at radius 3 is 2.63 bits per heavy atom. The third-order valence-corrected chi connectivity index (χ3v) is 5.56. The topological polar surface area (TPSA) is 77.1 Å². The van der Waals surface area contributed by atoms with Gasteiger partial charge in [0.25, 0.3) is 5.91 Å². The molecule has 2 fully saturated rings. The van der Waals surface area contributed by atoms with Crippen molar-refractivity contribution >= 4 is 11.8 Å². The van der Waals surface area contributed by atoms with Crippen LogP contribution in [-0.4, -0.2) is 55.7 Å². The van der Waals surface area contributed by atoms with Crippen LogP contribution < -0.4 is 19.5 Å². The maximum atomic E-state index is 13.0. The van der Waals surface area contributed by atoms with Gasteiger partial charge in [0.15, 0.2) is 18.1 Å². The number of carbonyl (C=O) groups excluding carboxylic acids is 2. The van der Waals surface area contributed by atoms with Crippen molar-refractivity contribution in [2.45, 2.75) is 50.6 Å². The summed E-state index contributed by atoms with van der Waals surface area (Å²) >= 11 is 0. The Morgan fingerprint density at radius 1 is 1.26 bits per heavy atom. The van der Waals surface area contributed by atoms with E-state index in [9.17, 15) is 9.59 Å². The largest absolute Gasteiger partial charge is 0.493 e. The number of nitrogens with one attached hydrogen (secondary N) is 1. The van der Waals surface area contributed by atoms with Gasteiger partial charge in [-0.05, 0) is 44.7 Å². The fourth-order valence-corrected chi connectivity index (χ4v) is 4.21. The van der Waals surface area contributed by atoms with Crippen LogP contribution in [-0.2, 0) is 9.59 Å². The molecule has 2 atom stereocenters. The van der Waals surface area contributed by atoms with Gasteiger partial charge in [-0.1, -0.05) is 6.07 Å². The summed E-state index contributed by atoms with van der Waals surface area (Å²) in [4.78, 5) is 26.8. The lowest BCUT2D eigenvalue weighted by atomic mass is 9.81. The van der Waals surface area contributed by atoms with E-state index in [1.807, 2.05) is 11.8 Å². The first-order valence-corrected chi connectivity index (χ1v) is 9.43. The zero-order valence-electron chi connectivity index (χ0n) is 16.2. The van der Waals surface area contributed by atoms with Gasteiger partial charge in [0.2, 0.25) is 11.7 Å². The van der Waals surface area contributed by atoms with Crippen LogP contribution in [0.25, 0.3) is 0 Å². The van der Waals surface area contributed by atoms with Crippen LogP contribution in [0.5, 0.6) is 17.2 Å². The van der Waals surface area contributed by atoms with Crippen molar-refractivity contribution in [3.8, 4) is 17.2 Å². The van der Waals surface area contributed by atoms with Crippen molar-refractivity contribution in [1.82, 2.24) is 10.2 Å². The van der Waals surface area contributed by atoms with E-state index in [0.717, 1.165) is 25.7 Å². The molecule has 2 aliphatic heterocycles. The van der Waals surface area contributed by atoms with E-state index in [1.54, 1.807) is 32.4 Å². The zero-order valence-corrected chi connectivity index (χ0v) is 16.2. The molecule has 0 radical (unpaired) electrons. The van der Waals surface area contributed by atoms with Gasteiger partial charge in [0.05, 0.1) is 25.8 Å². The van der Waals surface area contributed by atoms with Gasteiger partial charge in [-0.15, -0.1) is 0 Å². The lowest BCUT2D eigenvalue weighted by molar-refractivity contribution is -0.141. The Balaban J connectivity index is 1.74. The van der Waals surface area contributed by atoms with Crippen molar-refractivity contribution in [3.05, 3.63) is 18.2 Å². The molecule has 0 saturated carbocycles. The molecule has 27 heavy (non-hydrogen) atoms. The van der Waals surface area contributed by atoms with Gasteiger partial charge in [-0.2, -0.15) is 0 Å². The summed E-state index contributed by atoms with van der Waals surface area (Å²) in [6.45, 7) is 2.63. The Hall–Kier alpha value is -2.44. The number of benzene rings is 1. The van der Waals surface area contributed by atoms with Crippen LogP contribution in [0.3, 0.4) is 0 Å². The number of amides is 2. The first kappa shape index (κ1) is 19.3. The van der Waals surface area contributed by atoms with Gasteiger partial charge in [0, 0.05) is 13.0 Å². The molecule has 0 aromatic heterocycles. The van der Waals surface area contributed by atoms with Crippen LogP contribution in [0.2, 0.25) is 0 Å². The normalized spacial score (nSPS) is 25.1. The quantitative estimate of drug-likeness (QED) is 0.852. The summed E-state index contributed by atoms with van der Waals surface area (Å²) in [7, 11) is 3.10. The van der Waals surface area contributed by atoms with E-state index in [4.69, 9.17) is 14.2 Å². The summed E-state index contributed by atoms with van der Waals surface area (Å²) in [5, 5.41) is 3.14. The molecule has 1 N–H and O–H groups in total. The number of carbonyl (C=O) groups is 2. The molecular weight excluding hydrogens is 348 g/mol. The third-order valence-electron chi connectivity index (χ3n) is 5.56. The number of nitrogens with zero attached hydrogens (tertiary/aromatic N) is 1. The molecule has 2 heterocycles. The molecule has 2 amide bonds. The average molecular weight is 376 g/mol. The minimum atomic E-state index is -0.371. The molecule has 7 heteroatoms. The molecule has 1 aromatic rings. The summed E-state index contributed by atoms with van der Waals surface area (Å²) < 4.78 is 16.4. The third kappa shape index (κ3) is 3.96. The van der Waals surface area contributed by atoms with Gasteiger partial charge in [-0.3, -0.25) is 9.59 Å². The fraction of sp³-hybridized carbons (Fsp3) is 0.600. The van der Waals surface area contributed by atoms with E-state index < -0.39 is 0 Å². The number of hydrogen-bond acceptors (Lipinski definition) is 5.